The Hall–Kier alpha value is -1.91. The van der Waals surface area contributed by atoms with Crippen LogP contribution in [-0.2, 0) is 0 Å². The highest BCUT2D eigenvalue weighted by atomic mass is 16.5. The molecule has 2 aromatic heterocycles. The van der Waals surface area contributed by atoms with Gasteiger partial charge in [0.25, 0.3) is 0 Å². The number of hydrogen-bond acceptors (Lipinski definition) is 5. The van der Waals surface area contributed by atoms with Crippen LogP contribution in [-0.4, -0.2) is 22.2 Å². The number of hydrogen-bond donors (Lipinski definition) is 0. The molecule has 2 aromatic rings. The molecular weight excluding hydrogens is 170 g/mol. The minimum atomic E-state index is 0.428. The Morgan fingerprint density at radius 1 is 1.38 bits per heavy atom. The van der Waals surface area contributed by atoms with Crippen LogP contribution in [0.2, 0.25) is 0 Å². The monoisotopic (exact) mass is 177 g/mol. The van der Waals surface area contributed by atoms with Gasteiger partial charge in [-0.1, -0.05) is 5.16 Å². The largest absolute Gasteiger partial charge is 0.494 e. The lowest BCUT2D eigenvalue weighted by Crippen LogP contribution is -1.91. The van der Waals surface area contributed by atoms with Crippen LogP contribution in [0.1, 0.15) is 0 Å². The summed E-state index contributed by atoms with van der Waals surface area (Å²) in [7, 11) is 1.57. The summed E-state index contributed by atoms with van der Waals surface area (Å²) in [5.41, 5.74) is 0.582. The second kappa shape index (κ2) is 3.22. The number of rotatable bonds is 2. The summed E-state index contributed by atoms with van der Waals surface area (Å²) in [6.07, 6.45) is 2.90. The van der Waals surface area contributed by atoms with E-state index in [4.69, 9.17) is 4.74 Å². The van der Waals surface area contributed by atoms with Crippen LogP contribution in [0.5, 0.6) is 5.75 Å². The van der Waals surface area contributed by atoms with Crippen molar-refractivity contribution in [3.05, 3.63) is 24.7 Å². The minimum Gasteiger partial charge on any atom is -0.494 e. The molecule has 0 saturated carbocycles. The molecule has 5 nitrogen and oxygen atoms in total. The van der Waals surface area contributed by atoms with Crippen LogP contribution in [0.4, 0.5) is 0 Å². The lowest BCUT2D eigenvalue weighted by Gasteiger charge is -2.01. The maximum Gasteiger partial charge on any atom is 0.224 e. The van der Waals surface area contributed by atoms with Crippen molar-refractivity contribution < 1.29 is 9.26 Å². The Bertz CT molecular complexity index is 386. The van der Waals surface area contributed by atoms with E-state index in [9.17, 15) is 0 Å². The van der Waals surface area contributed by atoms with E-state index < -0.39 is 0 Å². The molecule has 2 rings (SSSR count). The van der Waals surface area contributed by atoms with E-state index in [2.05, 4.69) is 19.6 Å². The van der Waals surface area contributed by atoms with E-state index in [0.717, 1.165) is 0 Å². The molecule has 0 unspecified atom stereocenters. The first kappa shape index (κ1) is 7.72. The summed E-state index contributed by atoms with van der Waals surface area (Å²) < 4.78 is 9.70. The maximum atomic E-state index is 5.08. The lowest BCUT2D eigenvalue weighted by atomic mass is 10.3. The molecule has 0 saturated heterocycles. The lowest BCUT2D eigenvalue weighted by molar-refractivity contribution is 0.409. The van der Waals surface area contributed by atoms with E-state index in [-0.39, 0.29) is 0 Å². The third kappa shape index (κ3) is 1.35. The van der Waals surface area contributed by atoms with Crippen molar-refractivity contribution in [2.75, 3.05) is 7.11 Å². The Labute approximate surface area is 74.4 Å². The highest BCUT2D eigenvalue weighted by Gasteiger charge is 2.09. The number of ether oxygens (including phenoxy) is 1. The van der Waals surface area contributed by atoms with E-state index in [1.54, 1.807) is 25.4 Å². The fourth-order valence-electron chi connectivity index (χ4n) is 0.998. The van der Waals surface area contributed by atoms with Gasteiger partial charge in [-0.25, -0.2) is 4.98 Å². The second-order valence-electron chi connectivity index (χ2n) is 2.31. The zero-order valence-electron chi connectivity index (χ0n) is 6.97. The standard InChI is InChI=1S/C8H7N3O2/c1-12-6-3-2-4-9-7(6)8-10-5-13-11-8/h2-5H,1H3. The molecule has 0 bridgehead atoms. The van der Waals surface area contributed by atoms with Crippen molar-refractivity contribution in [3.63, 3.8) is 0 Å². The average molecular weight is 177 g/mol. The Morgan fingerprint density at radius 2 is 2.31 bits per heavy atom. The number of methoxy groups -OCH3 is 1. The Kier molecular flexibility index (Phi) is 1.91. The highest BCUT2D eigenvalue weighted by Crippen LogP contribution is 2.23. The molecule has 0 radical (unpaired) electrons. The molecule has 0 aliphatic heterocycles. The van der Waals surface area contributed by atoms with Gasteiger partial charge in [-0.05, 0) is 12.1 Å². The SMILES string of the molecule is COc1cccnc1-c1ncon1. The van der Waals surface area contributed by atoms with Gasteiger partial charge in [0.15, 0.2) is 5.69 Å². The quantitative estimate of drug-likeness (QED) is 0.688. The molecule has 0 fully saturated rings. The first-order valence-corrected chi connectivity index (χ1v) is 3.67. The molecule has 0 spiro atoms. The van der Waals surface area contributed by atoms with Crippen LogP contribution in [0, 0.1) is 0 Å². The van der Waals surface area contributed by atoms with Gasteiger partial charge in [0.1, 0.15) is 5.75 Å². The van der Waals surface area contributed by atoms with Gasteiger partial charge in [-0.15, -0.1) is 0 Å². The third-order valence-electron chi connectivity index (χ3n) is 1.56. The van der Waals surface area contributed by atoms with E-state index in [0.29, 0.717) is 17.3 Å². The molecule has 66 valence electrons. The molecule has 0 aliphatic carbocycles. The summed E-state index contributed by atoms with van der Waals surface area (Å²) >= 11 is 0. The van der Waals surface area contributed by atoms with Crippen molar-refractivity contribution >= 4 is 0 Å². The zero-order chi connectivity index (χ0) is 9.10. The molecule has 2 heterocycles. The molecule has 0 amide bonds. The topological polar surface area (TPSA) is 61.0 Å². The second-order valence-corrected chi connectivity index (χ2v) is 2.31. The zero-order valence-corrected chi connectivity index (χ0v) is 6.97. The molecule has 0 aliphatic rings. The summed E-state index contributed by atoms with van der Waals surface area (Å²) in [5, 5.41) is 3.67. The molecule has 5 heteroatoms. The molecule has 0 atom stereocenters. The number of nitrogens with zero attached hydrogens (tertiary/aromatic N) is 3. The first-order chi connectivity index (χ1) is 6.42. The van der Waals surface area contributed by atoms with E-state index in [1.807, 2.05) is 0 Å². The predicted molar refractivity (Wildman–Crippen MR) is 44.1 cm³/mol. The van der Waals surface area contributed by atoms with E-state index in [1.165, 1.54) is 6.39 Å². The van der Waals surface area contributed by atoms with Crippen LogP contribution >= 0.6 is 0 Å². The van der Waals surface area contributed by atoms with Crippen molar-refractivity contribution in [2.24, 2.45) is 0 Å². The first-order valence-electron chi connectivity index (χ1n) is 3.67. The summed E-state index contributed by atoms with van der Waals surface area (Å²) in [4.78, 5) is 7.96. The van der Waals surface area contributed by atoms with Crippen molar-refractivity contribution in [3.8, 4) is 17.3 Å². The van der Waals surface area contributed by atoms with Gasteiger partial charge < -0.3 is 9.26 Å². The van der Waals surface area contributed by atoms with Crippen LogP contribution < -0.4 is 4.74 Å². The minimum absolute atomic E-state index is 0.428. The number of pyridine rings is 1. The molecule has 0 aromatic carbocycles. The van der Waals surface area contributed by atoms with Crippen molar-refractivity contribution in [2.45, 2.75) is 0 Å². The highest BCUT2D eigenvalue weighted by molar-refractivity contribution is 5.57. The van der Waals surface area contributed by atoms with Gasteiger partial charge >= 0.3 is 0 Å². The average Bonchev–Trinajstić information content (AvgIpc) is 2.70. The number of aromatic nitrogens is 3. The van der Waals surface area contributed by atoms with Crippen molar-refractivity contribution in [1.82, 2.24) is 15.1 Å². The van der Waals surface area contributed by atoms with Gasteiger partial charge in [0.2, 0.25) is 12.2 Å². The summed E-state index contributed by atoms with van der Waals surface area (Å²) in [6.45, 7) is 0. The Balaban J connectivity index is 2.51. The summed E-state index contributed by atoms with van der Waals surface area (Å²) in [5.74, 6) is 1.06. The van der Waals surface area contributed by atoms with Gasteiger partial charge in [0.05, 0.1) is 7.11 Å². The van der Waals surface area contributed by atoms with Gasteiger partial charge in [-0.2, -0.15) is 4.98 Å². The normalized spacial score (nSPS) is 9.92. The fraction of sp³-hybridized carbons (Fsp3) is 0.125. The molecule has 13 heavy (non-hydrogen) atoms. The molecular formula is C8H7N3O2. The fourth-order valence-corrected chi connectivity index (χ4v) is 0.998. The van der Waals surface area contributed by atoms with Gasteiger partial charge in [0, 0.05) is 6.20 Å². The maximum absolute atomic E-state index is 5.08. The van der Waals surface area contributed by atoms with Gasteiger partial charge in [-0.3, -0.25) is 0 Å². The van der Waals surface area contributed by atoms with Crippen LogP contribution in [0.3, 0.4) is 0 Å². The predicted octanol–water partition coefficient (Wildman–Crippen LogP) is 1.14. The van der Waals surface area contributed by atoms with Crippen LogP contribution in [0.25, 0.3) is 11.5 Å². The summed E-state index contributed by atoms with van der Waals surface area (Å²) in [6, 6.07) is 3.57. The smallest absolute Gasteiger partial charge is 0.224 e. The van der Waals surface area contributed by atoms with Crippen LogP contribution in [0.15, 0.2) is 29.2 Å². The van der Waals surface area contributed by atoms with Crippen molar-refractivity contribution in [1.29, 1.82) is 0 Å². The van der Waals surface area contributed by atoms with E-state index >= 15 is 0 Å². The third-order valence-corrected chi connectivity index (χ3v) is 1.56. The molecule has 0 N–H and O–H groups in total. The Morgan fingerprint density at radius 3 is 3.00 bits per heavy atom.